The minimum Gasteiger partial charge on any atom is -0.481 e. The number of aromatic nitrogens is 1. The third-order valence-corrected chi connectivity index (χ3v) is 2.72. The van der Waals surface area contributed by atoms with Crippen LogP contribution < -0.4 is 10.2 Å². The van der Waals surface area contributed by atoms with E-state index in [1.807, 2.05) is 6.92 Å². The fraction of sp³-hybridized carbons (Fsp3) is 0.462. The zero-order valence-electron chi connectivity index (χ0n) is 11.2. The topological polar surface area (TPSA) is 82.5 Å². The van der Waals surface area contributed by atoms with Crippen molar-refractivity contribution in [1.29, 1.82) is 0 Å². The minimum absolute atomic E-state index is 0.0690. The average Bonchev–Trinajstić information content (AvgIpc) is 2.38. The van der Waals surface area contributed by atoms with Gasteiger partial charge in [0.15, 0.2) is 0 Å². The number of hydrogen-bond donors (Lipinski definition) is 2. The van der Waals surface area contributed by atoms with Crippen LogP contribution in [0.4, 0.5) is 10.5 Å². The van der Waals surface area contributed by atoms with Crippen LogP contribution in [-0.2, 0) is 4.79 Å². The molecule has 6 nitrogen and oxygen atoms in total. The summed E-state index contributed by atoms with van der Waals surface area (Å²) >= 11 is 0. The lowest BCUT2D eigenvalue weighted by molar-refractivity contribution is -0.137. The summed E-state index contributed by atoms with van der Waals surface area (Å²) in [4.78, 5) is 28.1. The van der Waals surface area contributed by atoms with Gasteiger partial charge in [0, 0.05) is 19.3 Å². The number of carbonyl (C=O) groups is 2. The monoisotopic (exact) mass is 265 g/mol. The smallest absolute Gasteiger partial charge is 0.321 e. The van der Waals surface area contributed by atoms with Gasteiger partial charge in [-0.25, -0.2) is 4.79 Å². The molecule has 0 saturated heterocycles. The first-order valence-electron chi connectivity index (χ1n) is 6.20. The molecule has 1 unspecified atom stereocenters. The Balaban J connectivity index is 2.63. The van der Waals surface area contributed by atoms with Crippen LogP contribution in [0.15, 0.2) is 24.5 Å². The number of amides is 2. The highest BCUT2D eigenvalue weighted by Gasteiger charge is 2.18. The number of carboxylic acid groups (broad SMARTS) is 1. The maximum atomic E-state index is 12.0. The summed E-state index contributed by atoms with van der Waals surface area (Å²) in [5.74, 6) is -0.914. The van der Waals surface area contributed by atoms with Gasteiger partial charge in [-0.3, -0.25) is 14.7 Å². The predicted octanol–water partition coefficient (Wildman–Crippen LogP) is 1.87. The third-order valence-electron chi connectivity index (χ3n) is 2.72. The van der Waals surface area contributed by atoms with E-state index in [9.17, 15) is 9.59 Å². The summed E-state index contributed by atoms with van der Waals surface area (Å²) in [6.07, 6.45) is 4.58. The van der Waals surface area contributed by atoms with E-state index in [1.165, 1.54) is 4.90 Å². The molecule has 1 rings (SSSR count). The van der Waals surface area contributed by atoms with Gasteiger partial charge in [-0.1, -0.05) is 13.3 Å². The van der Waals surface area contributed by atoms with Gasteiger partial charge in [-0.15, -0.1) is 0 Å². The lowest BCUT2D eigenvalue weighted by atomic mass is 10.1. The standard InChI is InChI=1S/C13H19N3O3/c1-3-5-10(8-12(17)18)15-13(19)16(2)11-6-4-7-14-9-11/h4,6-7,9-10H,3,5,8H2,1-2H3,(H,15,19)(H,17,18). The molecule has 0 aliphatic heterocycles. The van der Waals surface area contributed by atoms with E-state index in [1.54, 1.807) is 31.6 Å². The number of pyridine rings is 1. The molecule has 0 aliphatic carbocycles. The number of carbonyl (C=O) groups excluding carboxylic acids is 1. The van der Waals surface area contributed by atoms with Gasteiger partial charge in [-0.2, -0.15) is 0 Å². The van der Waals surface area contributed by atoms with E-state index in [4.69, 9.17) is 5.11 Å². The Kier molecular flexibility index (Phi) is 5.78. The summed E-state index contributed by atoms with van der Waals surface area (Å²) in [5.41, 5.74) is 0.658. The molecule has 1 aromatic heterocycles. The number of carboxylic acids is 1. The number of nitrogens with zero attached hydrogens (tertiary/aromatic N) is 2. The molecule has 0 spiro atoms. The van der Waals surface area contributed by atoms with Crippen molar-refractivity contribution in [2.24, 2.45) is 0 Å². The third kappa shape index (κ3) is 4.95. The molecular weight excluding hydrogens is 246 g/mol. The molecule has 104 valence electrons. The molecule has 1 heterocycles. The molecule has 1 atom stereocenters. The summed E-state index contributed by atoms with van der Waals surface area (Å²) in [6, 6.07) is 2.82. The van der Waals surface area contributed by atoms with E-state index in [-0.39, 0.29) is 18.5 Å². The molecule has 6 heteroatoms. The number of aliphatic carboxylic acids is 1. The largest absolute Gasteiger partial charge is 0.481 e. The first kappa shape index (κ1) is 14.9. The zero-order chi connectivity index (χ0) is 14.3. The van der Waals surface area contributed by atoms with Gasteiger partial charge in [0.2, 0.25) is 0 Å². The van der Waals surface area contributed by atoms with Crippen LogP contribution in [-0.4, -0.2) is 35.2 Å². The molecule has 19 heavy (non-hydrogen) atoms. The van der Waals surface area contributed by atoms with Gasteiger partial charge in [-0.05, 0) is 18.6 Å². The predicted molar refractivity (Wildman–Crippen MR) is 72.1 cm³/mol. The average molecular weight is 265 g/mol. The Hall–Kier alpha value is -2.11. The Labute approximate surface area is 112 Å². The molecule has 0 aliphatic rings. The highest BCUT2D eigenvalue weighted by molar-refractivity contribution is 5.91. The van der Waals surface area contributed by atoms with Crippen LogP contribution >= 0.6 is 0 Å². The van der Waals surface area contributed by atoms with Gasteiger partial charge >= 0.3 is 12.0 Å². The quantitative estimate of drug-likeness (QED) is 0.822. The second-order valence-corrected chi connectivity index (χ2v) is 4.30. The molecule has 1 aromatic rings. The second kappa shape index (κ2) is 7.35. The Morgan fingerprint density at radius 3 is 2.79 bits per heavy atom. The zero-order valence-corrected chi connectivity index (χ0v) is 11.2. The van der Waals surface area contributed by atoms with E-state index < -0.39 is 5.97 Å². The van der Waals surface area contributed by atoms with Crippen LogP contribution in [0, 0.1) is 0 Å². The van der Waals surface area contributed by atoms with Crippen LogP contribution in [0.2, 0.25) is 0 Å². The van der Waals surface area contributed by atoms with Gasteiger partial charge in [0.05, 0.1) is 18.3 Å². The number of urea groups is 1. The van der Waals surface area contributed by atoms with E-state index in [2.05, 4.69) is 10.3 Å². The molecule has 2 amide bonds. The van der Waals surface area contributed by atoms with Crippen LogP contribution in [0.3, 0.4) is 0 Å². The molecule has 0 bridgehead atoms. The number of rotatable bonds is 6. The summed E-state index contributed by atoms with van der Waals surface area (Å²) in [6.45, 7) is 1.95. The first-order chi connectivity index (χ1) is 9.04. The van der Waals surface area contributed by atoms with E-state index in [0.717, 1.165) is 6.42 Å². The fourth-order valence-corrected chi connectivity index (χ4v) is 1.73. The van der Waals surface area contributed by atoms with Crippen molar-refractivity contribution in [3.63, 3.8) is 0 Å². The molecule has 0 aromatic carbocycles. The Morgan fingerprint density at radius 1 is 1.53 bits per heavy atom. The van der Waals surface area contributed by atoms with E-state index >= 15 is 0 Å². The maximum Gasteiger partial charge on any atom is 0.321 e. The molecule has 0 saturated carbocycles. The summed E-state index contributed by atoms with van der Waals surface area (Å²) in [7, 11) is 1.62. The van der Waals surface area contributed by atoms with Gasteiger partial charge in [0.1, 0.15) is 0 Å². The van der Waals surface area contributed by atoms with Crippen molar-refractivity contribution >= 4 is 17.7 Å². The molecule has 2 N–H and O–H groups in total. The normalized spacial score (nSPS) is 11.7. The molecular formula is C13H19N3O3. The first-order valence-corrected chi connectivity index (χ1v) is 6.20. The van der Waals surface area contributed by atoms with Crippen molar-refractivity contribution in [2.45, 2.75) is 32.2 Å². The number of anilines is 1. The van der Waals surface area contributed by atoms with E-state index in [0.29, 0.717) is 12.1 Å². The number of hydrogen-bond acceptors (Lipinski definition) is 3. The fourth-order valence-electron chi connectivity index (χ4n) is 1.73. The lowest BCUT2D eigenvalue weighted by Gasteiger charge is -2.22. The van der Waals surface area contributed by atoms with Crippen LogP contribution in [0.25, 0.3) is 0 Å². The summed E-state index contributed by atoms with van der Waals surface area (Å²) in [5, 5.41) is 11.5. The van der Waals surface area contributed by atoms with Crippen molar-refractivity contribution in [1.82, 2.24) is 10.3 Å². The highest BCUT2D eigenvalue weighted by Crippen LogP contribution is 2.10. The van der Waals surface area contributed by atoms with Crippen molar-refractivity contribution in [2.75, 3.05) is 11.9 Å². The van der Waals surface area contributed by atoms with Crippen LogP contribution in [0.5, 0.6) is 0 Å². The van der Waals surface area contributed by atoms with Crippen molar-refractivity contribution in [3.8, 4) is 0 Å². The Morgan fingerprint density at radius 2 is 2.26 bits per heavy atom. The van der Waals surface area contributed by atoms with Crippen molar-refractivity contribution < 1.29 is 14.7 Å². The van der Waals surface area contributed by atoms with Gasteiger partial charge in [0.25, 0.3) is 0 Å². The lowest BCUT2D eigenvalue weighted by Crippen LogP contribution is -2.44. The van der Waals surface area contributed by atoms with Crippen LogP contribution in [0.1, 0.15) is 26.2 Å². The second-order valence-electron chi connectivity index (χ2n) is 4.30. The SMILES string of the molecule is CCCC(CC(=O)O)NC(=O)N(C)c1cccnc1. The molecule has 0 radical (unpaired) electrons. The highest BCUT2D eigenvalue weighted by atomic mass is 16.4. The minimum atomic E-state index is -0.914. The van der Waals surface area contributed by atoms with Crippen molar-refractivity contribution in [3.05, 3.63) is 24.5 Å². The van der Waals surface area contributed by atoms with Gasteiger partial charge < -0.3 is 10.4 Å². The molecule has 0 fully saturated rings. The maximum absolute atomic E-state index is 12.0. The summed E-state index contributed by atoms with van der Waals surface area (Å²) < 4.78 is 0. The number of nitrogens with one attached hydrogen (secondary N) is 1. The Bertz CT molecular complexity index is 422.